The first kappa shape index (κ1) is 17.8. The van der Waals surface area contributed by atoms with E-state index in [0.29, 0.717) is 11.6 Å². The fourth-order valence-electron chi connectivity index (χ4n) is 2.70. The van der Waals surface area contributed by atoms with Crippen LogP contribution < -0.4 is 5.32 Å². The number of esters is 1. The van der Waals surface area contributed by atoms with E-state index in [9.17, 15) is 4.79 Å². The highest BCUT2D eigenvalue weighted by Gasteiger charge is 2.33. The van der Waals surface area contributed by atoms with Crippen LogP contribution in [0.3, 0.4) is 0 Å². The molecule has 1 aromatic carbocycles. The second kappa shape index (κ2) is 7.07. The molecule has 1 unspecified atom stereocenters. The van der Waals surface area contributed by atoms with Crippen LogP contribution >= 0.6 is 0 Å². The van der Waals surface area contributed by atoms with Crippen LogP contribution in [0.25, 0.3) is 22.3 Å². The Labute approximate surface area is 152 Å². The summed E-state index contributed by atoms with van der Waals surface area (Å²) in [6.45, 7) is 5.94. The van der Waals surface area contributed by atoms with Crippen LogP contribution in [0.15, 0.2) is 48.8 Å². The minimum atomic E-state index is -0.545. The van der Waals surface area contributed by atoms with E-state index in [1.165, 1.54) is 7.11 Å². The monoisotopic (exact) mass is 350 g/mol. The van der Waals surface area contributed by atoms with Gasteiger partial charge in [0.2, 0.25) is 0 Å². The van der Waals surface area contributed by atoms with Crippen LogP contribution in [0, 0.1) is 5.41 Å². The Bertz CT molecular complexity index is 920. The topological polar surface area (TPSA) is 77.0 Å². The Morgan fingerprint density at radius 1 is 1.08 bits per heavy atom. The van der Waals surface area contributed by atoms with Gasteiger partial charge in [0, 0.05) is 23.3 Å². The summed E-state index contributed by atoms with van der Waals surface area (Å²) in [5.41, 5.74) is 1.31. The molecule has 0 aliphatic heterocycles. The minimum absolute atomic E-state index is 0.328. The van der Waals surface area contributed by atoms with Gasteiger partial charge in [-0.3, -0.25) is 4.98 Å². The van der Waals surface area contributed by atoms with Crippen molar-refractivity contribution in [3.8, 4) is 11.4 Å². The highest BCUT2D eigenvalue weighted by atomic mass is 16.5. The molecule has 0 spiro atoms. The Balaban J connectivity index is 2.13. The average Bonchev–Trinajstić information content (AvgIpc) is 2.65. The third-order valence-electron chi connectivity index (χ3n) is 4.13. The molecular weight excluding hydrogens is 328 g/mol. The van der Waals surface area contributed by atoms with E-state index < -0.39 is 6.04 Å². The lowest BCUT2D eigenvalue weighted by atomic mass is 9.86. The van der Waals surface area contributed by atoms with Crippen LogP contribution in [-0.4, -0.2) is 34.1 Å². The zero-order valence-corrected chi connectivity index (χ0v) is 15.4. The maximum absolute atomic E-state index is 12.3. The maximum atomic E-state index is 12.3. The van der Waals surface area contributed by atoms with Crippen LogP contribution in [-0.2, 0) is 9.53 Å². The van der Waals surface area contributed by atoms with Crippen molar-refractivity contribution in [1.29, 1.82) is 0 Å². The summed E-state index contributed by atoms with van der Waals surface area (Å²) in [6, 6.07) is 10.9. The summed E-state index contributed by atoms with van der Waals surface area (Å²) >= 11 is 0. The van der Waals surface area contributed by atoms with E-state index in [0.717, 1.165) is 16.5 Å². The first-order chi connectivity index (χ1) is 12.4. The van der Waals surface area contributed by atoms with Crippen LogP contribution in [0.1, 0.15) is 20.8 Å². The number of carbonyl (C=O) groups is 1. The van der Waals surface area contributed by atoms with Gasteiger partial charge in [0.05, 0.1) is 12.6 Å². The number of hydrogen-bond acceptors (Lipinski definition) is 6. The second-order valence-electron chi connectivity index (χ2n) is 7.12. The molecule has 0 aliphatic carbocycles. The van der Waals surface area contributed by atoms with Gasteiger partial charge >= 0.3 is 5.97 Å². The van der Waals surface area contributed by atoms with Gasteiger partial charge < -0.3 is 10.1 Å². The van der Waals surface area contributed by atoms with Crippen molar-refractivity contribution < 1.29 is 9.53 Å². The number of para-hydroxylation sites is 1. The number of aromatic nitrogens is 3. The van der Waals surface area contributed by atoms with Crippen molar-refractivity contribution in [2.75, 3.05) is 12.4 Å². The van der Waals surface area contributed by atoms with Crippen molar-refractivity contribution in [2.45, 2.75) is 26.8 Å². The van der Waals surface area contributed by atoms with Gasteiger partial charge in [0.25, 0.3) is 0 Å². The first-order valence-electron chi connectivity index (χ1n) is 8.41. The second-order valence-corrected chi connectivity index (χ2v) is 7.12. The summed E-state index contributed by atoms with van der Waals surface area (Å²) in [7, 11) is 1.39. The van der Waals surface area contributed by atoms with Crippen molar-refractivity contribution in [3.63, 3.8) is 0 Å². The maximum Gasteiger partial charge on any atom is 0.328 e. The predicted molar refractivity (Wildman–Crippen MR) is 102 cm³/mol. The molecule has 3 aromatic rings. The molecule has 2 heterocycles. The fourth-order valence-corrected chi connectivity index (χ4v) is 2.70. The number of hydrogen-bond donors (Lipinski definition) is 1. The van der Waals surface area contributed by atoms with Gasteiger partial charge in [-0.15, -0.1) is 0 Å². The zero-order chi connectivity index (χ0) is 18.7. The summed E-state index contributed by atoms with van der Waals surface area (Å²) in [4.78, 5) is 25.7. The van der Waals surface area contributed by atoms with Gasteiger partial charge in [-0.2, -0.15) is 0 Å². The smallest absolute Gasteiger partial charge is 0.328 e. The van der Waals surface area contributed by atoms with E-state index in [-0.39, 0.29) is 11.4 Å². The molecule has 3 rings (SSSR count). The summed E-state index contributed by atoms with van der Waals surface area (Å²) in [6.07, 6.45) is 3.40. The Hall–Kier alpha value is -3.02. The number of fused-ring (bicyclic) bond motifs is 1. The van der Waals surface area contributed by atoms with Gasteiger partial charge in [0.1, 0.15) is 11.9 Å². The third-order valence-corrected chi connectivity index (χ3v) is 4.13. The van der Waals surface area contributed by atoms with Gasteiger partial charge in [-0.25, -0.2) is 14.8 Å². The van der Waals surface area contributed by atoms with E-state index in [1.54, 1.807) is 12.4 Å². The number of nitrogens with one attached hydrogen (secondary N) is 1. The van der Waals surface area contributed by atoms with Crippen LogP contribution in [0.2, 0.25) is 0 Å². The Morgan fingerprint density at radius 2 is 1.77 bits per heavy atom. The molecular formula is C20H22N4O2. The SMILES string of the molecule is COC(=O)C(Nc1nc(-c2ccncc2)nc2ccccc12)C(C)(C)C. The molecule has 0 bridgehead atoms. The lowest BCUT2D eigenvalue weighted by Crippen LogP contribution is -2.42. The molecule has 0 amide bonds. The fraction of sp³-hybridized carbons (Fsp3) is 0.300. The van der Waals surface area contributed by atoms with Crippen LogP contribution in [0.5, 0.6) is 0 Å². The molecule has 0 saturated carbocycles. The summed E-state index contributed by atoms with van der Waals surface area (Å²) < 4.78 is 4.98. The Morgan fingerprint density at radius 3 is 2.42 bits per heavy atom. The minimum Gasteiger partial charge on any atom is -0.467 e. The van der Waals surface area contributed by atoms with E-state index in [4.69, 9.17) is 4.74 Å². The van der Waals surface area contributed by atoms with E-state index >= 15 is 0 Å². The zero-order valence-electron chi connectivity index (χ0n) is 15.4. The normalized spacial score (nSPS) is 12.6. The molecule has 0 fully saturated rings. The molecule has 0 radical (unpaired) electrons. The number of methoxy groups -OCH3 is 1. The molecule has 1 N–H and O–H groups in total. The number of rotatable bonds is 4. The summed E-state index contributed by atoms with van der Waals surface area (Å²) in [5.74, 6) is 0.851. The third kappa shape index (κ3) is 3.64. The molecule has 2 aromatic heterocycles. The van der Waals surface area contributed by atoms with Gasteiger partial charge in [-0.1, -0.05) is 32.9 Å². The molecule has 26 heavy (non-hydrogen) atoms. The summed E-state index contributed by atoms with van der Waals surface area (Å²) in [5, 5.41) is 4.13. The lowest BCUT2D eigenvalue weighted by molar-refractivity contribution is -0.143. The van der Waals surface area contributed by atoms with E-state index in [1.807, 2.05) is 57.2 Å². The molecule has 6 nitrogen and oxygen atoms in total. The molecule has 134 valence electrons. The average molecular weight is 350 g/mol. The standard InChI is InChI=1S/C20H22N4O2/c1-20(2,3)16(19(25)26-4)23-18-14-7-5-6-8-15(14)22-17(24-18)13-9-11-21-12-10-13/h5-12,16H,1-4H3,(H,22,23,24). The largest absolute Gasteiger partial charge is 0.467 e. The van der Waals surface area contributed by atoms with Crippen molar-refractivity contribution in [1.82, 2.24) is 15.0 Å². The van der Waals surface area contributed by atoms with E-state index in [2.05, 4.69) is 20.3 Å². The Kier molecular flexibility index (Phi) is 4.84. The van der Waals surface area contributed by atoms with Gasteiger partial charge in [0.15, 0.2) is 5.82 Å². The number of nitrogens with zero attached hydrogens (tertiary/aromatic N) is 3. The predicted octanol–water partition coefficient (Wildman–Crippen LogP) is 3.69. The first-order valence-corrected chi connectivity index (χ1v) is 8.41. The molecule has 1 atom stereocenters. The molecule has 6 heteroatoms. The molecule has 0 aliphatic rings. The number of ether oxygens (including phenoxy) is 1. The highest BCUT2D eigenvalue weighted by Crippen LogP contribution is 2.29. The lowest BCUT2D eigenvalue weighted by Gasteiger charge is -2.29. The number of pyridine rings is 1. The van der Waals surface area contributed by atoms with Crippen molar-refractivity contribution in [2.24, 2.45) is 5.41 Å². The highest BCUT2D eigenvalue weighted by molar-refractivity contribution is 5.92. The molecule has 0 saturated heterocycles. The van der Waals surface area contributed by atoms with Gasteiger partial charge in [-0.05, 0) is 29.7 Å². The quantitative estimate of drug-likeness (QED) is 0.723. The number of benzene rings is 1. The van der Waals surface area contributed by atoms with Crippen LogP contribution in [0.4, 0.5) is 5.82 Å². The number of anilines is 1. The van der Waals surface area contributed by atoms with Crippen molar-refractivity contribution in [3.05, 3.63) is 48.8 Å². The number of carbonyl (C=O) groups excluding carboxylic acids is 1. The van der Waals surface area contributed by atoms with Crippen molar-refractivity contribution >= 4 is 22.7 Å².